The van der Waals surface area contributed by atoms with Gasteiger partial charge in [-0.2, -0.15) is 11.8 Å². The van der Waals surface area contributed by atoms with E-state index in [4.69, 9.17) is 0 Å². The number of rotatable bonds is 8. The third-order valence-electron chi connectivity index (χ3n) is 3.60. The van der Waals surface area contributed by atoms with Crippen molar-refractivity contribution in [2.75, 3.05) is 18.1 Å². The minimum atomic E-state index is 0.841. The lowest BCUT2D eigenvalue weighted by Crippen LogP contribution is -2.31. The summed E-state index contributed by atoms with van der Waals surface area (Å²) in [6.07, 6.45) is 9.86. The zero-order valence-corrected chi connectivity index (χ0v) is 12.0. The molecular formula is C14H29NS. The molecule has 1 nitrogen and oxygen atoms in total. The molecule has 96 valence electrons. The summed E-state index contributed by atoms with van der Waals surface area (Å²) in [6.45, 7) is 5.88. The van der Waals surface area contributed by atoms with Crippen LogP contribution in [0.5, 0.6) is 0 Å². The molecular weight excluding hydrogens is 214 g/mol. The first kappa shape index (κ1) is 14.4. The van der Waals surface area contributed by atoms with E-state index in [2.05, 4.69) is 30.9 Å². The van der Waals surface area contributed by atoms with Crippen LogP contribution in [-0.4, -0.2) is 24.1 Å². The van der Waals surface area contributed by atoms with Crippen molar-refractivity contribution in [3.63, 3.8) is 0 Å². The summed E-state index contributed by atoms with van der Waals surface area (Å²) < 4.78 is 0. The van der Waals surface area contributed by atoms with Crippen LogP contribution in [0, 0.1) is 5.92 Å². The molecule has 2 heteroatoms. The molecule has 0 aliphatic heterocycles. The van der Waals surface area contributed by atoms with Gasteiger partial charge in [0, 0.05) is 6.04 Å². The molecule has 1 atom stereocenters. The molecule has 0 amide bonds. The van der Waals surface area contributed by atoms with Crippen molar-refractivity contribution in [1.82, 2.24) is 5.32 Å². The van der Waals surface area contributed by atoms with E-state index in [1.807, 2.05) is 0 Å². The molecule has 0 spiro atoms. The maximum Gasteiger partial charge on any atom is 0.00670 e. The normalized spacial score (nSPS) is 19.9. The highest BCUT2D eigenvalue weighted by Crippen LogP contribution is 2.17. The summed E-state index contributed by atoms with van der Waals surface area (Å²) in [7, 11) is 0. The molecule has 1 N–H and O–H groups in total. The van der Waals surface area contributed by atoms with Crippen LogP contribution in [-0.2, 0) is 0 Å². The third kappa shape index (κ3) is 6.80. The standard InChI is InChI=1S/C14H29NS/c1-3-13(2)12-16-11-7-10-15-14-8-5-4-6-9-14/h13-15H,3-12H2,1-2H3. The van der Waals surface area contributed by atoms with Gasteiger partial charge in [-0.25, -0.2) is 0 Å². The molecule has 1 rings (SSSR count). The van der Waals surface area contributed by atoms with Gasteiger partial charge < -0.3 is 5.32 Å². The Bertz CT molecular complexity index is 155. The van der Waals surface area contributed by atoms with E-state index in [1.54, 1.807) is 0 Å². The second-order valence-corrected chi connectivity index (χ2v) is 6.38. The third-order valence-corrected chi connectivity index (χ3v) is 4.99. The molecule has 1 unspecified atom stereocenters. The van der Waals surface area contributed by atoms with Gasteiger partial charge in [-0.3, -0.25) is 0 Å². The van der Waals surface area contributed by atoms with Crippen LogP contribution in [0.15, 0.2) is 0 Å². The lowest BCUT2D eigenvalue weighted by atomic mass is 9.95. The van der Waals surface area contributed by atoms with Crippen LogP contribution < -0.4 is 5.32 Å². The number of thioether (sulfide) groups is 1. The molecule has 0 bridgehead atoms. The van der Waals surface area contributed by atoms with Crippen LogP contribution in [0.3, 0.4) is 0 Å². The molecule has 1 saturated carbocycles. The molecule has 1 fully saturated rings. The van der Waals surface area contributed by atoms with Crippen molar-refractivity contribution in [2.45, 2.75) is 64.8 Å². The Morgan fingerprint density at radius 3 is 2.69 bits per heavy atom. The van der Waals surface area contributed by atoms with Crippen molar-refractivity contribution >= 4 is 11.8 Å². The summed E-state index contributed by atoms with van der Waals surface area (Å²) in [5, 5.41) is 3.71. The minimum absolute atomic E-state index is 0.841. The van der Waals surface area contributed by atoms with Crippen LogP contribution >= 0.6 is 11.8 Å². The molecule has 16 heavy (non-hydrogen) atoms. The zero-order valence-electron chi connectivity index (χ0n) is 11.1. The first-order valence-corrected chi connectivity index (χ1v) is 8.29. The highest BCUT2D eigenvalue weighted by Gasteiger charge is 2.11. The summed E-state index contributed by atoms with van der Waals surface area (Å²) >= 11 is 2.13. The highest BCUT2D eigenvalue weighted by molar-refractivity contribution is 7.99. The molecule has 0 saturated heterocycles. The van der Waals surface area contributed by atoms with Crippen molar-refractivity contribution in [3.05, 3.63) is 0 Å². The van der Waals surface area contributed by atoms with Crippen LogP contribution in [0.2, 0.25) is 0 Å². The molecule has 1 aliphatic carbocycles. The van der Waals surface area contributed by atoms with E-state index >= 15 is 0 Å². The van der Waals surface area contributed by atoms with Gasteiger partial charge in [-0.1, -0.05) is 39.5 Å². The Kier molecular flexibility index (Phi) is 8.40. The molecule has 0 aromatic rings. The van der Waals surface area contributed by atoms with Gasteiger partial charge in [-0.15, -0.1) is 0 Å². The maximum atomic E-state index is 3.71. The smallest absolute Gasteiger partial charge is 0.00670 e. The quantitative estimate of drug-likeness (QED) is 0.645. The van der Waals surface area contributed by atoms with Gasteiger partial charge >= 0.3 is 0 Å². The minimum Gasteiger partial charge on any atom is -0.314 e. The van der Waals surface area contributed by atoms with E-state index in [9.17, 15) is 0 Å². The summed E-state index contributed by atoms with van der Waals surface area (Å²) in [6, 6.07) is 0.841. The average Bonchev–Trinajstić information content (AvgIpc) is 2.34. The molecule has 0 aromatic heterocycles. The van der Waals surface area contributed by atoms with Crippen LogP contribution in [0.1, 0.15) is 58.8 Å². The first-order chi connectivity index (χ1) is 7.83. The SMILES string of the molecule is CCC(C)CSCCCNC1CCCCC1. The number of hydrogen-bond acceptors (Lipinski definition) is 2. The Morgan fingerprint density at radius 1 is 1.25 bits per heavy atom. The second kappa shape index (κ2) is 9.35. The highest BCUT2D eigenvalue weighted by atomic mass is 32.2. The predicted molar refractivity (Wildman–Crippen MR) is 76.3 cm³/mol. The molecule has 0 heterocycles. The molecule has 0 aromatic carbocycles. The summed E-state index contributed by atoms with van der Waals surface area (Å²) in [4.78, 5) is 0. The maximum absolute atomic E-state index is 3.71. The van der Waals surface area contributed by atoms with E-state index < -0.39 is 0 Å². The van der Waals surface area contributed by atoms with Gasteiger partial charge in [0.25, 0.3) is 0 Å². The fourth-order valence-electron chi connectivity index (χ4n) is 2.19. The Hall–Kier alpha value is 0.310. The number of nitrogens with one attached hydrogen (secondary N) is 1. The largest absolute Gasteiger partial charge is 0.314 e. The summed E-state index contributed by atoms with van der Waals surface area (Å²) in [5.41, 5.74) is 0. The predicted octanol–water partition coefficient (Wildman–Crippen LogP) is 4.08. The second-order valence-electron chi connectivity index (χ2n) is 5.23. The van der Waals surface area contributed by atoms with Crippen molar-refractivity contribution in [3.8, 4) is 0 Å². The Morgan fingerprint density at radius 2 is 2.00 bits per heavy atom. The summed E-state index contributed by atoms with van der Waals surface area (Å²) in [5.74, 6) is 3.58. The fourth-order valence-corrected chi connectivity index (χ4v) is 3.34. The van der Waals surface area contributed by atoms with E-state index in [0.717, 1.165) is 12.0 Å². The topological polar surface area (TPSA) is 12.0 Å². The van der Waals surface area contributed by atoms with Gasteiger partial charge in [0.1, 0.15) is 0 Å². The average molecular weight is 243 g/mol. The molecule has 1 aliphatic rings. The van der Waals surface area contributed by atoms with E-state index in [1.165, 1.54) is 63.0 Å². The van der Waals surface area contributed by atoms with E-state index in [-0.39, 0.29) is 0 Å². The van der Waals surface area contributed by atoms with Crippen LogP contribution in [0.25, 0.3) is 0 Å². The fraction of sp³-hybridized carbons (Fsp3) is 1.00. The van der Waals surface area contributed by atoms with Crippen molar-refractivity contribution in [1.29, 1.82) is 0 Å². The van der Waals surface area contributed by atoms with E-state index in [0.29, 0.717) is 0 Å². The zero-order chi connectivity index (χ0) is 11.6. The van der Waals surface area contributed by atoms with Gasteiger partial charge in [-0.05, 0) is 43.2 Å². The Balaban J connectivity index is 1.84. The van der Waals surface area contributed by atoms with Gasteiger partial charge in [0.15, 0.2) is 0 Å². The van der Waals surface area contributed by atoms with Crippen LogP contribution in [0.4, 0.5) is 0 Å². The van der Waals surface area contributed by atoms with Gasteiger partial charge in [0.05, 0.1) is 0 Å². The lowest BCUT2D eigenvalue weighted by molar-refractivity contribution is 0.375. The van der Waals surface area contributed by atoms with Crippen molar-refractivity contribution < 1.29 is 0 Å². The first-order valence-electron chi connectivity index (χ1n) is 7.14. The Labute approximate surface area is 106 Å². The van der Waals surface area contributed by atoms with Gasteiger partial charge in [0.2, 0.25) is 0 Å². The number of hydrogen-bond donors (Lipinski definition) is 1. The lowest BCUT2D eigenvalue weighted by Gasteiger charge is -2.22. The monoisotopic (exact) mass is 243 g/mol. The molecule has 0 radical (unpaired) electrons. The van der Waals surface area contributed by atoms with Crippen molar-refractivity contribution in [2.24, 2.45) is 5.92 Å².